The van der Waals surface area contributed by atoms with Crippen LogP contribution in [0.3, 0.4) is 0 Å². The zero-order valence-corrected chi connectivity index (χ0v) is 11.0. The molecule has 2 rings (SSSR count). The van der Waals surface area contributed by atoms with Gasteiger partial charge in [-0.2, -0.15) is 0 Å². The van der Waals surface area contributed by atoms with Gasteiger partial charge in [-0.1, -0.05) is 36.2 Å². The Kier molecular flexibility index (Phi) is 3.48. The molecule has 1 aliphatic rings. The van der Waals surface area contributed by atoms with E-state index in [2.05, 4.69) is 6.92 Å². The van der Waals surface area contributed by atoms with E-state index >= 15 is 0 Å². The average molecular weight is 258 g/mol. The molecule has 1 saturated carbocycles. The fraction of sp³-hybridized carbons (Fsp3) is 0.538. The lowest BCUT2D eigenvalue weighted by Crippen LogP contribution is -2.32. The van der Waals surface area contributed by atoms with Crippen molar-refractivity contribution in [3.05, 3.63) is 33.8 Å². The smallest absolute Gasteiger partial charge is 0.0453 e. The predicted molar refractivity (Wildman–Crippen MR) is 70.1 cm³/mol. The highest BCUT2D eigenvalue weighted by Gasteiger charge is 2.40. The molecule has 0 saturated heterocycles. The molecule has 0 aromatic heterocycles. The van der Waals surface area contributed by atoms with Crippen molar-refractivity contribution in [2.45, 2.75) is 26.2 Å². The molecular formula is C13H17Cl2N. The molecule has 2 N–H and O–H groups in total. The maximum Gasteiger partial charge on any atom is 0.0453 e. The molecule has 1 aliphatic carbocycles. The third-order valence-electron chi connectivity index (χ3n) is 3.67. The van der Waals surface area contributed by atoms with Crippen molar-refractivity contribution >= 4 is 23.2 Å². The molecule has 1 atom stereocenters. The van der Waals surface area contributed by atoms with Crippen LogP contribution in [-0.4, -0.2) is 6.54 Å². The topological polar surface area (TPSA) is 26.0 Å². The van der Waals surface area contributed by atoms with Crippen molar-refractivity contribution in [2.75, 3.05) is 6.54 Å². The van der Waals surface area contributed by atoms with Crippen LogP contribution in [0.4, 0.5) is 0 Å². The van der Waals surface area contributed by atoms with Gasteiger partial charge in [0.05, 0.1) is 0 Å². The SMILES string of the molecule is CC(CN)(Cc1c(Cl)cccc1Cl)C1CC1. The number of halogens is 2. The van der Waals surface area contributed by atoms with Gasteiger partial charge in [0.1, 0.15) is 0 Å². The van der Waals surface area contributed by atoms with E-state index in [4.69, 9.17) is 28.9 Å². The Hall–Kier alpha value is -0.240. The van der Waals surface area contributed by atoms with Crippen molar-refractivity contribution in [2.24, 2.45) is 17.1 Å². The summed E-state index contributed by atoms with van der Waals surface area (Å²) in [5.41, 5.74) is 7.10. The third kappa shape index (κ3) is 2.37. The monoisotopic (exact) mass is 257 g/mol. The minimum absolute atomic E-state index is 0.147. The van der Waals surface area contributed by atoms with Crippen LogP contribution in [0.25, 0.3) is 0 Å². The molecule has 3 heteroatoms. The van der Waals surface area contributed by atoms with Gasteiger partial charge in [0.15, 0.2) is 0 Å². The summed E-state index contributed by atoms with van der Waals surface area (Å²) >= 11 is 12.4. The zero-order valence-electron chi connectivity index (χ0n) is 9.47. The molecule has 88 valence electrons. The van der Waals surface area contributed by atoms with Crippen LogP contribution in [0.15, 0.2) is 18.2 Å². The highest BCUT2D eigenvalue weighted by molar-refractivity contribution is 6.36. The van der Waals surface area contributed by atoms with Crippen LogP contribution in [0.1, 0.15) is 25.3 Å². The second-order valence-electron chi connectivity index (χ2n) is 5.01. The van der Waals surface area contributed by atoms with Crippen LogP contribution in [0.2, 0.25) is 10.0 Å². The quantitative estimate of drug-likeness (QED) is 0.870. The molecule has 0 bridgehead atoms. The fourth-order valence-corrected chi connectivity index (χ4v) is 2.80. The minimum atomic E-state index is 0.147. The molecule has 0 amide bonds. The summed E-state index contributed by atoms with van der Waals surface area (Å²) in [4.78, 5) is 0. The predicted octanol–water partition coefficient (Wildman–Crippen LogP) is 3.91. The van der Waals surface area contributed by atoms with Gasteiger partial charge in [-0.25, -0.2) is 0 Å². The number of rotatable bonds is 4. The molecule has 0 aliphatic heterocycles. The lowest BCUT2D eigenvalue weighted by Gasteiger charge is -2.29. The molecule has 1 nitrogen and oxygen atoms in total. The van der Waals surface area contributed by atoms with E-state index in [1.54, 1.807) is 0 Å². The van der Waals surface area contributed by atoms with Gasteiger partial charge in [0, 0.05) is 10.0 Å². The van der Waals surface area contributed by atoms with Crippen molar-refractivity contribution in [3.8, 4) is 0 Å². The van der Waals surface area contributed by atoms with Crippen LogP contribution in [-0.2, 0) is 6.42 Å². The second-order valence-corrected chi connectivity index (χ2v) is 5.82. The lowest BCUT2D eigenvalue weighted by molar-refractivity contribution is 0.282. The molecule has 1 fully saturated rings. The summed E-state index contributed by atoms with van der Waals surface area (Å²) in [5, 5.41) is 1.51. The molecule has 0 heterocycles. The molecule has 0 radical (unpaired) electrons. The van der Waals surface area contributed by atoms with Crippen LogP contribution in [0, 0.1) is 11.3 Å². The molecule has 1 unspecified atom stereocenters. The highest BCUT2D eigenvalue weighted by atomic mass is 35.5. The summed E-state index contributed by atoms with van der Waals surface area (Å²) < 4.78 is 0. The molecule has 16 heavy (non-hydrogen) atoms. The maximum atomic E-state index is 6.19. The van der Waals surface area contributed by atoms with E-state index in [1.165, 1.54) is 12.8 Å². The Bertz CT molecular complexity index is 367. The first-order valence-corrected chi connectivity index (χ1v) is 6.45. The van der Waals surface area contributed by atoms with E-state index < -0.39 is 0 Å². The minimum Gasteiger partial charge on any atom is -0.330 e. The van der Waals surface area contributed by atoms with Gasteiger partial charge in [-0.15, -0.1) is 0 Å². The van der Waals surface area contributed by atoms with Crippen LogP contribution in [0.5, 0.6) is 0 Å². The summed E-state index contributed by atoms with van der Waals surface area (Å²) in [7, 11) is 0. The first kappa shape index (κ1) is 12.2. The molecule has 0 spiro atoms. The molecule has 1 aromatic rings. The van der Waals surface area contributed by atoms with Crippen molar-refractivity contribution < 1.29 is 0 Å². The summed E-state index contributed by atoms with van der Waals surface area (Å²) in [6, 6.07) is 5.67. The van der Waals surface area contributed by atoms with Crippen LogP contribution >= 0.6 is 23.2 Å². The van der Waals surface area contributed by atoms with Crippen molar-refractivity contribution in [3.63, 3.8) is 0 Å². The number of hydrogen-bond donors (Lipinski definition) is 1. The summed E-state index contributed by atoms with van der Waals surface area (Å²) in [6.45, 7) is 2.93. The summed E-state index contributed by atoms with van der Waals surface area (Å²) in [6.07, 6.45) is 3.46. The Morgan fingerprint density at radius 3 is 2.31 bits per heavy atom. The van der Waals surface area contributed by atoms with E-state index in [9.17, 15) is 0 Å². The molecule has 1 aromatic carbocycles. The number of benzene rings is 1. The van der Waals surface area contributed by atoms with E-state index in [0.29, 0.717) is 6.54 Å². The van der Waals surface area contributed by atoms with Gasteiger partial charge in [-0.3, -0.25) is 0 Å². The highest BCUT2D eigenvalue weighted by Crippen LogP contribution is 2.48. The Labute approximate surface area is 107 Å². The fourth-order valence-electron chi connectivity index (χ4n) is 2.27. The van der Waals surface area contributed by atoms with Gasteiger partial charge < -0.3 is 5.73 Å². The standard InChI is InChI=1S/C13H17Cl2N/c1-13(8-16,9-5-6-9)7-10-11(14)3-2-4-12(10)15/h2-4,9H,5-8,16H2,1H3. The van der Waals surface area contributed by atoms with Gasteiger partial charge in [0.25, 0.3) is 0 Å². The Balaban J connectivity index is 2.25. The van der Waals surface area contributed by atoms with Crippen molar-refractivity contribution in [1.82, 2.24) is 0 Å². The molecular weight excluding hydrogens is 241 g/mol. The third-order valence-corrected chi connectivity index (χ3v) is 4.38. The number of hydrogen-bond acceptors (Lipinski definition) is 1. The van der Waals surface area contributed by atoms with E-state index in [-0.39, 0.29) is 5.41 Å². The first-order valence-electron chi connectivity index (χ1n) is 5.70. The van der Waals surface area contributed by atoms with Gasteiger partial charge >= 0.3 is 0 Å². The van der Waals surface area contributed by atoms with E-state index in [1.807, 2.05) is 18.2 Å². The van der Waals surface area contributed by atoms with Crippen molar-refractivity contribution in [1.29, 1.82) is 0 Å². The van der Waals surface area contributed by atoms with Gasteiger partial charge in [0.2, 0.25) is 0 Å². The largest absolute Gasteiger partial charge is 0.330 e. The van der Waals surface area contributed by atoms with E-state index in [0.717, 1.165) is 27.9 Å². The maximum absolute atomic E-state index is 6.19. The lowest BCUT2D eigenvalue weighted by atomic mass is 9.79. The first-order chi connectivity index (χ1) is 7.57. The normalized spacial score (nSPS) is 19.5. The average Bonchev–Trinajstić information content (AvgIpc) is 3.07. The van der Waals surface area contributed by atoms with Crippen LogP contribution < -0.4 is 5.73 Å². The summed E-state index contributed by atoms with van der Waals surface area (Å²) in [5.74, 6) is 0.741. The Morgan fingerprint density at radius 1 is 1.31 bits per heavy atom. The Morgan fingerprint density at radius 2 is 1.88 bits per heavy atom. The second kappa shape index (κ2) is 4.56. The number of nitrogens with two attached hydrogens (primary N) is 1. The zero-order chi connectivity index (χ0) is 11.8. The van der Waals surface area contributed by atoms with Gasteiger partial charge in [-0.05, 0) is 54.8 Å².